The van der Waals surface area contributed by atoms with E-state index in [0.29, 0.717) is 33.4 Å². The minimum absolute atomic E-state index is 0.129. The Kier molecular flexibility index (Phi) is 3.64. The Balaban J connectivity index is 1.76. The van der Waals surface area contributed by atoms with Gasteiger partial charge in [0.15, 0.2) is 5.82 Å². The van der Waals surface area contributed by atoms with E-state index in [1.165, 1.54) is 15.5 Å². The second-order valence-corrected chi connectivity index (χ2v) is 7.29. The third-order valence-corrected chi connectivity index (χ3v) is 5.31. The number of hydrogen-bond donors (Lipinski definition) is 0. The van der Waals surface area contributed by atoms with Crippen LogP contribution in [0.4, 0.5) is 0 Å². The Hall–Kier alpha value is -3.81. The number of fused-ring (bicyclic) bond motifs is 4. The molecular formula is C21H18N6O2. The van der Waals surface area contributed by atoms with Gasteiger partial charge in [0, 0.05) is 7.05 Å². The van der Waals surface area contributed by atoms with E-state index in [9.17, 15) is 9.59 Å². The average Bonchev–Trinajstić information content (AvgIpc) is 3.12. The zero-order chi connectivity index (χ0) is 20.3. The monoisotopic (exact) mass is 386 g/mol. The van der Waals surface area contributed by atoms with E-state index in [2.05, 4.69) is 15.2 Å². The number of aryl methyl sites for hydroxylation is 3. The van der Waals surface area contributed by atoms with Gasteiger partial charge in [0.05, 0.1) is 34.7 Å². The lowest BCUT2D eigenvalue weighted by Gasteiger charge is -2.10. The molecule has 0 amide bonds. The van der Waals surface area contributed by atoms with Crippen LogP contribution in [0.25, 0.3) is 27.6 Å². The molecule has 0 saturated heterocycles. The van der Waals surface area contributed by atoms with Crippen LogP contribution in [0.15, 0.2) is 52.3 Å². The Morgan fingerprint density at radius 1 is 0.966 bits per heavy atom. The summed E-state index contributed by atoms with van der Waals surface area (Å²) in [6.45, 7) is 4.07. The van der Waals surface area contributed by atoms with E-state index in [-0.39, 0.29) is 17.7 Å². The molecule has 0 spiro atoms. The van der Waals surface area contributed by atoms with Crippen molar-refractivity contribution in [3.05, 3.63) is 80.4 Å². The SMILES string of the molecule is Cc1ccc2c(c1)c(=O)n(C)c1nnc(Cn3cnc4c(C)cccc4c3=O)n21. The number of nitrogens with zero attached hydrogens (tertiary/aromatic N) is 6. The Morgan fingerprint density at radius 2 is 1.79 bits per heavy atom. The van der Waals surface area contributed by atoms with Gasteiger partial charge in [0.2, 0.25) is 5.78 Å². The van der Waals surface area contributed by atoms with Gasteiger partial charge in [-0.15, -0.1) is 10.2 Å². The molecule has 0 saturated carbocycles. The van der Waals surface area contributed by atoms with Crippen LogP contribution in [0, 0.1) is 13.8 Å². The molecule has 0 aliphatic heterocycles. The van der Waals surface area contributed by atoms with Crippen molar-refractivity contribution >= 4 is 27.6 Å². The van der Waals surface area contributed by atoms with Crippen LogP contribution in [0.5, 0.6) is 0 Å². The molecule has 0 aliphatic rings. The van der Waals surface area contributed by atoms with E-state index in [1.54, 1.807) is 13.1 Å². The van der Waals surface area contributed by atoms with Gasteiger partial charge in [0.25, 0.3) is 11.1 Å². The standard InChI is InChI=1S/C21H18N6O2/c1-12-7-8-16-15(9-12)19(28)25(3)21-24-23-17(27(16)21)10-26-11-22-18-13(2)5-4-6-14(18)20(26)29/h4-9,11H,10H2,1-3H3. The zero-order valence-electron chi connectivity index (χ0n) is 16.2. The van der Waals surface area contributed by atoms with Crippen molar-refractivity contribution in [2.75, 3.05) is 0 Å². The summed E-state index contributed by atoms with van der Waals surface area (Å²) in [4.78, 5) is 30.2. The number of benzene rings is 2. The number of hydrogen-bond acceptors (Lipinski definition) is 5. The van der Waals surface area contributed by atoms with Crippen molar-refractivity contribution in [3.8, 4) is 0 Å². The van der Waals surface area contributed by atoms with Gasteiger partial charge in [-0.25, -0.2) is 4.98 Å². The second-order valence-electron chi connectivity index (χ2n) is 7.29. The molecule has 5 aromatic rings. The largest absolute Gasteiger partial charge is 0.291 e. The highest BCUT2D eigenvalue weighted by Gasteiger charge is 2.16. The Labute approximate surface area is 164 Å². The lowest BCUT2D eigenvalue weighted by molar-refractivity contribution is 0.700. The first kappa shape index (κ1) is 17.3. The van der Waals surface area contributed by atoms with E-state index in [4.69, 9.17) is 0 Å². The van der Waals surface area contributed by atoms with Crippen molar-refractivity contribution in [1.29, 1.82) is 0 Å². The summed E-state index contributed by atoms with van der Waals surface area (Å²) in [6.07, 6.45) is 1.53. The van der Waals surface area contributed by atoms with Crippen molar-refractivity contribution < 1.29 is 0 Å². The highest BCUT2D eigenvalue weighted by Crippen LogP contribution is 2.17. The molecule has 0 bridgehead atoms. The molecule has 0 aliphatic carbocycles. The quantitative estimate of drug-likeness (QED) is 0.463. The van der Waals surface area contributed by atoms with Crippen LogP contribution in [-0.2, 0) is 13.6 Å². The molecule has 3 aromatic heterocycles. The molecule has 0 N–H and O–H groups in total. The highest BCUT2D eigenvalue weighted by molar-refractivity contribution is 5.81. The third kappa shape index (κ3) is 2.49. The minimum Gasteiger partial charge on any atom is -0.291 e. The smallest absolute Gasteiger partial charge is 0.262 e. The lowest BCUT2D eigenvalue weighted by Crippen LogP contribution is -2.24. The van der Waals surface area contributed by atoms with Crippen LogP contribution >= 0.6 is 0 Å². The molecule has 3 heterocycles. The zero-order valence-corrected chi connectivity index (χ0v) is 16.2. The number of para-hydroxylation sites is 1. The molecular weight excluding hydrogens is 368 g/mol. The summed E-state index contributed by atoms with van der Waals surface area (Å²) < 4.78 is 4.81. The summed E-state index contributed by atoms with van der Waals surface area (Å²) in [5.41, 5.74) is 3.09. The van der Waals surface area contributed by atoms with Gasteiger partial charge in [0.1, 0.15) is 0 Å². The molecule has 8 heteroatoms. The van der Waals surface area contributed by atoms with E-state index >= 15 is 0 Å². The molecule has 0 atom stereocenters. The molecule has 144 valence electrons. The summed E-state index contributed by atoms with van der Waals surface area (Å²) in [5, 5.41) is 9.61. The highest BCUT2D eigenvalue weighted by atomic mass is 16.1. The summed E-state index contributed by atoms with van der Waals surface area (Å²) in [7, 11) is 1.67. The van der Waals surface area contributed by atoms with Crippen LogP contribution in [0.2, 0.25) is 0 Å². The van der Waals surface area contributed by atoms with E-state index in [1.807, 2.05) is 48.6 Å². The van der Waals surface area contributed by atoms with Gasteiger partial charge in [-0.05, 0) is 37.6 Å². The van der Waals surface area contributed by atoms with Gasteiger partial charge in [-0.1, -0.05) is 23.8 Å². The van der Waals surface area contributed by atoms with Crippen molar-refractivity contribution in [2.24, 2.45) is 7.05 Å². The van der Waals surface area contributed by atoms with Gasteiger partial charge in [-0.3, -0.25) is 23.1 Å². The van der Waals surface area contributed by atoms with Gasteiger partial charge < -0.3 is 0 Å². The molecule has 2 aromatic carbocycles. The Morgan fingerprint density at radius 3 is 2.62 bits per heavy atom. The molecule has 8 nitrogen and oxygen atoms in total. The predicted octanol–water partition coefficient (Wildman–Crippen LogP) is 1.96. The second kappa shape index (κ2) is 6.10. The van der Waals surface area contributed by atoms with Gasteiger partial charge in [-0.2, -0.15) is 0 Å². The van der Waals surface area contributed by atoms with Crippen molar-refractivity contribution in [1.82, 2.24) is 28.7 Å². The maximum Gasteiger partial charge on any atom is 0.262 e. The normalized spacial score (nSPS) is 11.7. The summed E-state index contributed by atoms with van der Waals surface area (Å²) in [6, 6.07) is 11.2. The first-order chi connectivity index (χ1) is 14.0. The van der Waals surface area contributed by atoms with Crippen LogP contribution < -0.4 is 11.1 Å². The predicted molar refractivity (Wildman–Crippen MR) is 110 cm³/mol. The van der Waals surface area contributed by atoms with Crippen LogP contribution in [0.1, 0.15) is 17.0 Å². The number of rotatable bonds is 2. The van der Waals surface area contributed by atoms with E-state index < -0.39 is 0 Å². The molecule has 0 unspecified atom stereocenters. The molecule has 5 rings (SSSR count). The minimum atomic E-state index is -0.138. The fraction of sp³-hybridized carbons (Fsp3) is 0.190. The molecule has 0 radical (unpaired) electrons. The Bertz CT molecular complexity index is 1560. The van der Waals surface area contributed by atoms with Crippen molar-refractivity contribution in [2.45, 2.75) is 20.4 Å². The molecule has 29 heavy (non-hydrogen) atoms. The summed E-state index contributed by atoms with van der Waals surface area (Å²) >= 11 is 0. The lowest BCUT2D eigenvalue weighted by atomic mass is 10.1. The number of aromatic nitrogens is 6. The van der Waals surface area contributed by atoms with Crippen LogP contribution in [-0.4, -0.2) is 28.7 Å². The maximum atomic E-state index is 13.0. The van der Waals surface area contributed by atoms with Crippen molar-refractivity contribution in [3.63, 3.8) is 0 Å². The first-order valence-corrected chi connectivity index (χ1v) is 9.24. The average molecular weight is 386 g/mol. The maximum absolute atomic E-state index is 13.0. The van der Waals surface area contributed by atoms with E-state index in [0.717, 1.165) is 11.1 Å². The fourth-order valence-corrected chi connectivity index (χ4v) is 3.76. The molecule has 0 fully saturated rings. The third-order valence-electron chi connectivity index (χ3n) is 5.31. The first-order valence-electron chi connectivity index (χ1n) is 9.24. The topological polar surface area (TPSA) is 87.1 Å². The summed E-state index contributed by atoms with van der Waals surface area (Å²) in [5.74, 6) is 0.986. The van der Waals surface area contributed by atoms with Crippen LogP contribution in [0.3, 0.4) is 0 Å². The fourth-order valence-electron chi connectivity index (χ4n) is 3.76. The van der Waals surface area contributed by atoms with Gasteiger partial charge >= 0.3 is 0 Å².